The lowest BCUT2D eigenvalue weighted by Crippen LogP contribution is -2.40. The molecule has 0 aromatic heterocycles. The number of hydrogen-bond donors (Lipinski definition) is 1. The van der Waals surface area contributed by atoms with E-state index in [1.807, 2.05) is 0 Å². The number of fused-ring (bicyclic) bond motifs is 1. The molecule has 1 atom stereocenters. The van der Waals surface area contributed by atoms with Gasteiger partial charge in [0, 0.05) is 5.56 Å². The van der Waals surface area contributed by atoms with Crippen molar-refractivity contribution in [2.24, 2.45) is 0 Å². The minimum atomic E-state index is -1.11. The average molecular weight is 236 g/mol. The number of esters is 2. The van der Waals surface area contributed by atoms with Crippen LogP contribution in [0, 0.1) is 0 Å². The lowest BCUT2D eigenvalue weighted by molar-refractivity contribution is -0.153. The Morgan fingerprint density at radius 2 is 2.24 bits per heavy atom. The monoisotopic (exact) mass is 236 g/mol. The molecule has 0 radical (unpaired) electrons. The van der Waals surface area contributed by atoms with Crippen LogP contribution in [0.1, 0.15) is 18.9 Å². The van der Waals surface area contributed by atoms with Gasteiger partial charge in [-0.05, 0) is 25.1 Å². The number of hydrogen-bond acceptors (Lipinski definition) is 5. The van der Waals surface area contributed by atoms with Crippen molar-refractivity contribution in [3.63, 3.8) is 0 Å². The molecule has 0 bridgehead atoms. The van der Waals surface area contributed by atoms with Crippen LogP contribution in [-0.4, -0.2) is 24.2 Å². The first-order valence-electron chi connectivity index (χ1n) is 5.10. The van der Waals surface area contributed by atoms with Crippen LogP contribution in [0.2, 0.25) is 0 Å². The zero-order valence-corrected chi connectivity index (χ0v) is 9.52. The number of carbonyl (C=O) groups is 2. The zero-order valence-electron chi connectivity index (χ0n) is 9.52. The lowest BCUT2D eigenvalue weighted by Gasteiger charge is -2.31. The van der Waals surface area contributed by atoms with E-state index in [-0.39, 0.29) is 17.9 Å². The molecule has 0 fully saturated rings. The van der Waals surface area contributed by atoms with Gasteiger partial charge in [0.25, 0.3) is 0 Å². The van der Waals surface area contributed by atoms with E-state index in [0.29, 0.717) is 5.56 Å². The Morgan fingerprint density at radius 3 is 2.88 bits per heavy atom. The van der Waals surface area contributed by atoms with E-state index in [4.69, 9.17) is 9.47 Å². The van der Waals surface area contributed by atoms with Crippen LogP contribution < -0.4 is 4.74 Å². The number of aromatic hydroxyl groups is 1. The summed E-state index contributed by atoms with van der Waals surface area (Å²) in [5.74, 6) is -0.721. The fourth-order valence-corrected chi connectivity index (χ4v) is 1.99. The van der Waals surface area contributed by atoms with Crippen molar-refractivity contribution >= 4 is 11.9 Å². The molecule has 1 aliphatic heterocycles. The van der Waals surface area contributed by atoms with Gasteiger partial charge in [-0.15, -0.1) is 0 Å². The number of phenolic OH excluding ortho intramolecular Hbond substituents is 1. The topological polar surface area (TPSA) is 72.8 Å². The van der Waals surface area contributed by atoms with E-state index in [0.717, 1.165) is 0 Å². The van der Waals surface area contributed by atoms with Crippen molar-refractivity contribution in [1.82, 2.24) is 0 Å². The summed E-state index contributed by atoms with van der Waals surface area (Å²) in [5.41, 5.74) is -0.651. The predicted octanol–water partition coefficient (Wildman–Crippen LogP) is 1.13. The number of methoxy groups -OCH3 is 1. The van der Waals surface area contributed by atoms with E-state index in [1.165, 1.54) is 25.3 Å². The number of phenols is 1. The van der Waals surface area contributed by atoms with Crippen molar-refractivity contribution in [3.8, 4) is 11.5 Å². The summed E-state index contributed by atoms with van der Waals surface area (Å²) in [6.07, 6.45) is -0.101. The molecule has 5 heteroatoms. The van der Waals surface area contributed by atoms with Gasteiger partial charge < -0.3 is 14.6 Å². The summed E-state index contributed by atoms with van der Waals surface area (Å²) < 4.78 is 9.73. The Kier molecular flexibility index (Phi) is 2.53. The van der Waals surface area contributed by atoms with Crippen molar-refractivity contribution in [3.05, 3.63) is 23.8 Å². The van der Waals surface area contributed by atoms with E-state index >= 15 is 0 Å². The van der Waals surface area contributed by atoms with Crippen LogP contribution in [0.15, 0.2) is 18.2 Å². The smallest absolute Gasteiger partial charge is 0.316 e. The van der Waals surface area contributed by atoms with Crippen LogP contribution >= 0.6 is 0 Å². The van der Waals surface area contributed by atoms with Gasteiger partial charge in [-0.3, -0.25) is 9.59 Å². The summed E-state index contributed by atoms with van der Waals surface area (Å²) in [6.45, 7) is 1.59. The first kappa shape index (κ1) is 11.4. The molecule has 1 aromatic carbocycles. The Hall–Kier alpha value is -2.04. The van der Waals surface area contributed by atoms with Crippen LogP contribution in [-0.2, 0) is 19.7 Å². The molecule has 0 saturated carbocycles. The molecule has 0 spiro atoms. The highest BCUT2D eigenvalue weighted by atomic mass is 16.5. The molecule has 5 nitrogen and oxygen atoms in total. The molecule has 0 amide bonds. The molecule has 0 aliphatic carbocycles. The lowest BCUT2D eigenvalue weighted by atomic mass is 9.77. The standard InChI is InChI=1S/C12H12O5/c1-12(11(15)16-2)6-10(14)17-9-4-3-7(13)5-8(9)12/h3-5,13H,6H2,1-2H3. The molecule has 1 aliphatic rings. The predicted molar refractivity (Wildman–Crippen MR) is 57.7 cm³/mol. The van der Waals surface area contributed by atoms with Crippen LogP contribution in [0.3, 0.4) is 0 Å². The quantitative estimate of drug-likeness (QED) is 0.584. The second kappa shape index (κ2) is 3.76. The van der Waals surface area contributed by atoms with Crippen molar-refractivity contribution in [2.75, 3.05) is 7.11 Å². The Bertz CT molecular complexity index is 494. The SMILES string of the molecule is COC(=O)C1(C)CC(=O)Oc2ccc(O)cc21. The summed E-state index contributed by atoms with van der Waals surface area (Å²) in [4.78, 5) is 23.3. The van der Waals surface area contributed by atoms with Crippen LogP contribution in [0.25, 0.3) is 0 Å². The average Bonchev–Trinajstić information content (AvgIpc) is 2.29. The van der Waals surface area contributed by atoms with Gasteiger partial charge in [0.05, 0.1) is 13.5 Å². The number of benzene rings is 1. The fraction of sp³-hybridized carbons (Fsp3) is 0.333. The fourth-order valence-electron chi connectivity index (χ4n) is 1.99. The third-order valence-electron chi connectivity index (χ3n) is 2.92. The molecule has 2 rings (SSSR count). The maximum atomic E-state index is 11.8. The van der Waals surface area contributed by atoms with Crippen molar-refractivity contribution in [1.29, 1.82) is 0 Å². The van der Waals surface area contributed by atoms with Crippen molar-refractivity contribution < 1.29 is 24.2 Å². The normalized spacial score (nSPS) is 22.6. The molecule has 1 heterocycles. The van der Waals surface area contributed by atoms with Gasteiger partial charge in [-0.1, -0.05) is 0 Å². The van der Waals surface area contributed by atoms with E-state index in [2.05, 4.69) is 0 Å². The second-order valence-corrected chi connectivity index (χ2v) is 4.15. The molecule has 1 N–H and O–H groups in total. The van der Waals surface area contributed by atoms with E-state index in [1.54, 1.807) is 6.92 Å². The molecular formula is C12H12O5. The third-order valence-corrected chi connectivity index (χ3v) is 2.92. The number of rotatable bonds is 1. The first-order chi connectivity index (χ1) is 7.97. The highest BCUT2D eigenvalue weighted by Crippen LogP contribution is 2.41. The van der Waals surface area contributed by atoms with Gasteiger partial charge in [-0.25, -0.2) is 0 Å². The summed E-state index contributed by atoms with van der Waals surface area (Å²) in [6, 6.07) is 4.27. The maximum absolute atomic E-state index is 11.8. The minimum Gasteiger partial charge on any atom is -0.508 e. The molecule has 1 unspecified atom stereocenters. The first-order valence-corrected chi connectivity index (χ1v) is 5.10. The van der Waals surface area contributed by atoms with Gasteiger partial charge in [0.15, 0.2) is 0 Å². The largest absolute Gasteiger partial charge is 0.508 e. The summed E-state index contributed by atoms with van der Waals surface area (Å²) in [5, 5.41) is 9.45. The maximum Gasteiger partial charge on any atom is 0.316 e. The van der Waals surface area contributed by atoms with Gasteiger partial charge in [-0.2, -0.15) is 0 Å². The van der Waals surface area contributed by atoms with Crippen LogP contribution in [0.5, 0.6) is 11.5 Å². The summed E-state index contributed by atoms with van der Waals surface area (Å²) >= 11 is 0. The molecular weight excluding hydrogens is 224 g/mol. The third kappa shape index (κ3) is 1.73. The molecule has 1 aromatic rings. The number of ether oxygens (including phenoxy) is 2. The molecule has 90 valence electrons. The van der Waals surface area contributed by atoms with E-state index < -0.39 is 17.4 Å². The van der Waals surface area contributed by atoms with Crippen LogP contribution in [0.4, 0.5) is 0 Å². The van der Waals surface area contributed by atoms with Gasteiger partial charge in [0.2, 0.25) is 0 Å². The van der Waals surface area contributed by atoms with E-state index in [9.17, 15) is 14.7 Å². The van der Waals surface area contributed by atoms with Gasteiger partial charge >= 0.3 is 11.9 Å². The number of carbonyl (C=O) groups excluding carboxylic acids is 2. The Labute approximate surface area is 98.0 Å². The highest BCUT2D eigenvalue weighted by Gasteiger charge is 2.45. The highest BCUT2D eigenvalue weighted by molar-refractivity contribution is 5.92. The Morgan fingerprint density at radius 1 is 1.53 bits per heavy atom. The minimum absolute atomic E-state index is 0.0110. The summed E-state index contributed by atoms with van der Waals surface area (Å²) in [7, 11) is 1.26. The second-order valence-electron chi connectivity index (χ2n) is 4.15. The zero-order chi connectivity index (χ0) is 12.6. The van der Waals surface area contributed by atoms with Gasteiger partial charge in [0.1, 0.15) is 16.9 Å². The Balaban J connectivity index is 2.60. The van der Waals surface area contributed by atoms with Crippen molar-refractivity contribution in [2.45, 2.75) is 18.8 Å². The molecule has 17 heavy (non-hydrogen) atoms. The molecule has 0 saturated heterocycles.